The van der Waals surface area contributed by atoms with Gasteiger partial charge in [-0.3, -0.25) is 14.4 Å². The van der Waals surface area contributed by atoms with Crippen LogP contribution in [0.15, 0.2) is 89.8 Å². The highest BCUT2D eigenvalue weighted by atomic mass is 32.2. The number of amides is 2. The van der Waals surface area contributed by atoms with E-state index >= 15 is 0 Å². The molecule has 0 fully saturated rings. The molecular formula is C34H34N2O8S. The third kappa shape index (κ3) is 8.70. The summed E-state index contributed by atoms with van der Waals surface area (Å²) in [5.74, 6) is -2.12. The quantitative estimate of drug-likeness (QED) is 0.0954. The van der Waals surface area contributed by atoms with Crippen LogP contribution in [0.3, 0.4) is 0 Å². The van der Waals surface area contributed by atoms with Crippen molar-refractivity contribution in [2.75, 3.05) is 16.4 Å². The van der Waals surface area contributed by atoms with Gasteiger partial charge in [-0.2, -0.15) is 0 Å². The molecule has 3 N–H and O–H groups in total. The molecule has 45 heavy (non-hydrogen) atoms. The van der Waals surface area contributed by atoms with Crippen LogP contribution in [0.2, 0.25) is 0 Å². The van der Waals surface area contributed by atoms with Crippen LogP contribution in [-0.2, 0) is 19.4 Å². The van der Waals surface area contributed by atoms with E-state index < -0.39 is 39.1 Å². The summed E-state index contributed by atoms with van der Waals surface area (Å²) in [5, 5.41) is 15.9. The van der Waals surface area contributed by atoms with Crippen LogP contribution in [0.5, 0.6) is 23.0 Å². The molecule has 1 atom stereocenters. The number of aromatic hydroxyl groups is 1. The Morgan fingerprint density at radius 3 is 2.16 bits per heavy atom. The standard InChI is InChI=1S/C34H34N2O8S/c1-5-22(3)24-9-13-27(14-10-24)44-32-19-29(36-34(40)25-11-15-26(16-12-25)43-23(4)37)31(38)18-30(32)35-33(39)20-45(41,42)28-8-6-7-21(2)17-28/h6-19,22,38H,5,20H2,1-4H3,(H,35,39)(H,36,40). The van der Waals surface area contributed by atoms with Crippen LogP contribution in [0, 0.1) is 6.92 Å². The largest absolute Gasteiger partial charge is 0.506 e. The maximum absolute atomic E-state index is 13.0. The molecule has 0 bridgehead atoms. The minimum absolute atomic E-state index is 0.00771. The molecule has 0 aromatic heterocycles. The Kier molecular flexibility index (Phi) is 10.2. The van der Waals surface area contributed by atoms with Gasteiger partial charge in [0.25, 0.3) is 5.91 Å². The van der Waals surface area contributed by atoms with Crippen molar-refractivity contribution in [1.82, 2.24) is 0 Å². The first-order valence-electron chi connectivity index (χ1n) is 14.2. The van der Waals surface area contributed by atoms with Crippen molar-refractivity contribution < 1.29 is 37.4 Å². The van der Waals surface area contributed by atoms with Gasteiger partial charge < -0.3 is 25.2 Å². The zero-order valence-corrected chi connectivity index (χ0v) is 26.1. The van der Waals surface area contributed by atoms with Crippen LogP contribution in [0.4, 0.5) is 11.4 Å². The number of rotatable bonds is 11. The number of phenolic OH excluding ortho intramolecular Hbond substituents is 1. The molecule has 11 heteroatoms. The third-order valence-electron chi connectivity index (χ3n) is 6.96. The highest BCUT2D eigenvalue weighted by molar-refractivity contribution is 7.92. The fourth-order valence-corrected chi connectivity index (χ4v) is 5.60. The first kappa shape index (κ1) is 32.7. The van der Waals surface area contributed by atoms with E-state index in [4.69, 9.17) is 9.47 Å². The summed E-state index contributed by atoms with van der Waals surface area (Å²) in [5.41, 5.74) is 2.02. The highest BCUT2D eigenvalue weighted by Crippen LogP contribution is 2.39. The third-order valence-corrected chi connectivity index (χ3v) is 8.57. The first-order chi connectivity index (χ1) is 21.3. The molecule has 0 aliphatic heterocycles. The molecule has 0 aliphatic carbocycles. The number of benzene rings is 4. The number of carbonyl (C=O) groups excluding carboxylic acids is 3. The van der Waals surface area contributed by atoms with Gasteiger partial charge in [0.2, 0.25) is 5.91 Å². The van der Waals surface area contributed by atoms with Crippen molar-refractivity contribution in [3.05, 3.63) is 102 Å². The van der Waals surface area contributed by atoms with Gasteiger partial charge in [0.1, 0.15) is 23.0 Å². The van der Waals surface area contributed by atoms with E-state index in [9.17, 15) is 27.9 Å². The average Bonchev–Trinajstić information content (AvgIpc) is 2.99. The van der Waals surface area contributed by atoms with Crippen LogP contribution in [0.25, 0.3) is 0 Å². The minimum Gasteiger partial charge on any atom is -0.506 e. The minimum atomic E-state index is -3.96. The molecule has 0 saturated carbocycles. The SMILES string of the molecule is CCC(C)c1ccc(Oc2cc(NC(=O)c3ccc(OC(C)=O)cc3)c(O)cc2NC(=O)CS(=O)(=O)c2cccc(C)c2)cc1. The van der Waals surface area contributed by atoms with Gasteiger partial charge in [-0.25, -0.2) is 8.42 Å². The Balaban J connectivity index is 1.62. The number of phenols is 1. The second-order valence-electron chi connectivity index (χ2n) is 10.5. The number of anilines is 2. The van der Waals surface area contributed by atoms with Crippen molar-refractivity contribution in [3.63, 3.8) is 0 Å². The Labute approximate surface area is 261 Å². The molecule has 0 saturated heterocycles. The molecule has 234 valence electrons. The van der Waals surface area contributed by atoms with Gasteiger partial charge in [-0.05, 0) is 78.9 Å². The van der Waals surface area contributed by atoms with E-state index in [0.29, 0.717) is 11.7 Å². The Bertz CT molecular complexity index is 1820. The van der Waals surface area contributed by atoms with Crippen LogP contribution in [0.1, 0.15) is 54.6 Å². The Morgan fingerprint density at radius 1 is 0.867 bits per heavy atom. The van der Waals surface area contributed by atoms with Crippen LogP contribution in [-0.4, -0.2) is 37.1 Å². The number of sulfone groups is 1. The predicted octanol–water partition coefficient (Wildman–Crippen LogP) is 6.60. The molecule has 0 radical (unpaired) electrons. The summed E-state index contributed by atoms with van der Waals surface area (Å²) in [4.78, 5) is 37.1. The number of nitrogens with one attached hydrogen (secondary N) is 2. The van der Waals surface area contributed by atoms with Gasteiger partial charge in [0, 0.05) is 24.6 Å². The van der Waals surface area contributed by atoms with Gasteiger partial charge in [0.05, 0.1) is 16.3 Å². The van der Waals surface area contributed by atoms with Crippen molar-refractivity contribution >= 4 is 39.0 Å². The lowest BCUT2D eigenvalue weighted by Crippen LogP contribution is -2.23. The molecule has 2 amide bonds. The van der Waals surface area contributed by atoms with Gasteiger partial charge in [-0.1, -0.05) is 38.1 Å². The summed E-state index contributed by atoms with van der Waals surface area (Å²) in [6, 6.07) is 21.9. The molecule has 4 rings (SSSR count). The number of hydrogen-bond donors (Lipinski definition) is 3. The zero-order chi connectivity index (χ0) is 32.7. The number of aryl methyl sites for hydroxylation is 1. The summed E-state index contributed by atoms with van der Waals surface area (Å²) >= 11 is 0. The maximum Gasteiger partial charge on any atom is 0.308 e. The lowest BCUT2D eigenvalue weighted by molar-refractivity contribution is -0.131. The van der Waals surface area contributed by atoms with Gasteiger partial charge >= 0.3 is 5.97 Å². The second-order valence-corrected chi connectivity index (χ2v) is 12.5. The van der Waals surface area contributed by atoms with E-state index in [0.717, 1.165) is 17.5 Å². The van der Waals surface area contributed by atoms with Crippen molar-refractivity contribution in [2.24, 2.45) is 0 Å². The van der Waals surface area contributed by atoms with Crippen molar-refractivity contribution in [1.29, 1.82) is 0 Å². The summed E-state index contributed by atoms with van der Waals surface area (Å²) < 4.78 is 36.9. The van der Waals surface area contributed by atoms with E-state index in [1.807, 2.05) is 12.1 Å². The first-order valence-corrected chi connectivity index (χ1v) is 15.8. The highest BCUT2D eigenvalue weighted by Gasteiger charge is 2.22. The monoisotopic (exact) mass is 630 g/mol. The van der Waals surface area contributed by atoms with Gasteiger partial charge in [-0.15, -0.1) is 0 Å². The van der Waals surface area contributed by atoms with Crippen LogP contribution < -0.4 is 20.1 Å². The average molecular weight is 631 g/mol. The molecule has 4 aromatic carbocycles. The van der Waals surface area contributed by atoms with Gasteiger partial charge in [0.15, 0.2) is 15.6 Å². The van der Waals surface area contributed by atoms with Crippen molar-refractivity contribution in [2.45, 2.75) is 44.9 Å². The van der Waals surface area contributed by atoms with E-state index in [1.54, 1.807) is 31.2 Å². The fraction of sp³-hybridized carbons (Fsp3) is 0.206. The molecule has 4 aromatic rings. The summed E-state index contributed by atoms with van der Waals surface area (Å²) in [6.07, 6.45) is 0.954. The smallest absolute Gasteiger partial charge is 0.308 e. The molecule has 0 heterocycles. The number of ether oxygens (including phenoxy) is 2. The molecule has 0 aliphatic rings. The van der Waals surface area contributed by atoms with Crippen molar-refractivity contribution in [3.8, 4) is 23.0 Å². The topological polar surface area (TPSA) is 148 Å². The number of hydrogen-bond acceptors (Lipinski definition) is 8. The van der Waals surface area contributed by atoms with E-state index in [-0.39, 0.29) is 33.3 Å². The van der Waals surface area contributed by atoms with Crippen LogP contribution >= 0.6 is 0 Å². The zero-order valence-electron chi connectivity index (χ0n) is 25.3. The Hall–Kier alpha value is -5.16. The molecular weight excluding hydrogens is 596 g/mol. The summed E-state index contributed by atoms with van der Waals surface area (Å²) in [7, 11) is -3.96. The van der Waals surface area contributed by atoms with E-state index in [2.05, 4.69) is 24.5 Å². The maximum atomic E-state index is 13.0. The second kappa shape index (κ2) is 14.1. The molecule has 1 unspecified atom stereocenters. The molecule has 0 spiro atoms. The lowest BCUT2D eigenvalue weighted by Gasteiger charge is -2.17. The Morgan fingerprint density at radius 2 is 1.53 bits per heavy atom. The number of carbonyl (C=O) groups is 3. The predicted molar refractivity (Wildman–Crippen MR) is 171 cm³/mol. The number of esters is 1. The normalized spacial score (nSPS) is 11.7. The van der Waals surface area contributed by atoms with E-state index in [1.165, 1.54) is 55.5 Å². The fourth-order valence-electron chi connectivity index (χ4n) is 4.36. The lowest BCUT2D eigenvalue weighted by atomic mass is 9.99. The summed E-state index contributed by atoms with van der Waals surface area (Å²) in [6.45, 7) is 7.20. The molecule has 10 nitrogen and oxygen atoms in total.